The highest BCUT2D eigenvalue weighted by molar-refractivity contribution is 5.75. The fraction of sp³-hybridized carbons (Fsp3) is 0.792. The van der Waals surface area contributed by atoms with Gasteiger partial charge in [0, 0.05) is 26.4 Å². The molecule has 0 saturated heterocycles. The van der Waals surface area contributed by atoms with E-state index < -0.39 is 12.2 Å². The number of carbonyl (C=O) groups is 1. The van der Waals surface area contributed by atoms with Crippen molar-refractivity contribution in [2.45, 2.75) is 89.8 Å². The highest BCUT2D eigenvalue weighted by Crippen LogP contribution is 2.49. The zero-order valence-electron chi connectivity index (χ0n) is 18.1. The Balaban J connectivity index is 1.75. The lowest BCUT2D eigenvalue weighted by atomic mass is 9.85. The first-order valence-corrected chi connectivity index (χ1v) is 11.4. The van der Waals surface area contributed by atoms with Crippen molar-refractivity contribution in [2.75, 3.05) is 14.1 Å². The number of hydrogen-bond acceptors (Lipinski definition) is 3. The molecular weight excluding hydrogens is 350 g/mol. The SMILES string of the molecule is CCCCCCC=C[C@H](O)[C@@H]1[C@H]2CC(CCCCC(=O)N(C)C)=C[C@H]2C[C@H]1O. The molecule has 2 aliphatic carbocycles. The van der Waals surface area contributed by atoms with Gasteiger partial charge in [-0.1, -0.05) is 50.0 Å². The summed E-state index contributed by atoms with van der Waals surface area (Å²) in [6.45, 7) is 2.21. The van der Waals surface area contributed by atoms with E-state index >= 15 is 0 Å². The Kier molecular flexibility index (Phi) is 9.73. The van der Waals surface area contributed by atoms with Crippen LogP contribution in [0.3, 0.4) is 0 Å². The Morgan fingerprint density at radius 3 is 2.75 bits per heavy atom. The average molecular weight is 392 g/mol. The third-order valence-electron chi connectivity index (χ3n) is 6.54. The highest BCUT2D eigenvalue weighted by Gasteiger charge is 2.46. The van der Waals surface area contributed by atoms with Gasteiger partial charge in [-0.15, -0.1) is 0 Å². The van der Waals surface area contributed by atoms with E-state index in [4.69, 9.17) is 0 Å². The molecule has 0 aromatic heterocycles. The lowest BCUT2D eigenvalue weighted by molar-refractivity contribution is -0.128. The second kappa shape index (κ2) is 11.8. The van der Waals surface area contributed by atoms with Crippen LogP contribution in [-0.2, 0) is 4.79 Å². The molecule has 1 amide bonds. The second-order valence-corrected chi connectivity index (χ2v) is 9.00. The minimum Gasteiger partial charge on any atom is -0.393 e. The Morgan fingerprint density at radius 1 is 1.25 bits per heavy atom. The summed E-state index contributed by atoms with van der Waals surface area (Å²) in [7, 11) is 3.61. The van der Waals surface area contributed by atoms with Crippen molar-refractivity contribution in [3.8, 4) is 0 Å². The smallest absolute Gasteiger partial charge is 0.222 e. The van der Waals surface area contributed by atoms with Gasteiger partial charge in [0.2, 0.25) is 5.91 Å². The summed E-state index contributed by atoms with van der Waals surface area (Å²) in [4.78, 5) is 13.3. The maximum absolute atomic E-state index is 11.7. The standard InChI is InChI=1S/C24H41NO3/c1-4-5-6-7-8-9-13-21(26)24-20-16-18(15-19(20)17-22(24)27)12-10-11-14-23(28)25(2)3/h9,13,15,19-22,24,26-27H,4-8,10-12,14,16-17H2,1-3H3/t19-,20-,21-,22+,24-/m0/s1. The van der Waals surface area contributed by atoms with Gasteiger partial charge in [-0.2, -0.15) is 0 Å². The number of allylic oxidation sites excluding steroid dienone is 3. The van der Waals surface area contributed by atoms with Crippen molar-refractivity contribution in [3.63, 3.8) is 0 Å². The monoisotopic (exact) mass is 391 g/mol. The van der Waals surface area contributed by atoms with Gasteiger partial charge < -0.3 is 15.1 Å². The molecule has 0 unspecified atom stereocenters. The predicted octanol–water partition coefficient (Wildman–Crippen LogP) is 4.47. The minimum absolute atomic E-state index is 0.0408. The van der Waals surface area contributed by atoms with Crippen LogP contribution in [-0.4, -0.2) is 47.3 Å². The van der Waals surface area contributed by atoms with Gasteiger partial charge >= 0.3 is 0 Å². The summed E-state index contributed by atoms with van der Waals surface area (Å²) in [6.07, 6.45) is 16.8. The van der Waals surface area contributed by atoms with Crippen molar-refractivity contribution in [1.29, 1.82) is 0 Å². The number of carbonyl (C=O) groups excluding carboxylic acids is 1. The van der Waals surface area contributed by atoms with Crippen LogP contribution in [0.5, 0.6) is 0 Å². The number of hydrogen-bond donors (Lipinski definition) is 2. The quantitative estimate of drug-likeness (QED) is 0.381. The first-order chi connectivity index (χ1) is 13.4. The summed E-state index contributed by atoms with van der Waals surface area (Å²) >= 11 is 0. The summed E-state index contributed by atoms with van der Waals surface area (Å²) in [5.41, 5.74) is 1.46. The van der Waals surface area contributed by atoms with Gasteiger partial charge in [0.1, 0.15) is 0 Å². The van der Waals surface area contributed by atoms with Crippen molar-refractivity contribution in [1.82, 2.24) is 4.90 Å². The molecule has 5 atom stereocenters. The first-order valence-electron chi connectivity index (χ1n) is 11.4. The molecule has 160 valence electrons. The van der Waals surface area contributed by atoms with Gasteiger partial charge in [0.05, 0.1) is 12.2 Å². The van der Waals surface area contributed by atoms with Gasteiger partial charge in [-0.05, 0) is 56.8 Å². The number of unbranched alkanes of at least 4 members (excludes halogenated alkanes) is 5. The van der Waals surface area contributed by atoms with E-state index in [1.165, 1.54) is 31.3 Å². The molecule has 28 heavy (non-hydrogen) atoms. The number of aliphatic hydroxyl groups excluding tert-OH is 2. The molecule has 4 heteroatoms. The van der Waals surface area contributed by atoms with Crippen molar-refractivity contribution >= 4 is 5.91 Å². The normalized spacial score (nSPS) is 27.8. The van der Waals surface area contributed by atoms with E-state index in [0.29, 0.717) is 18.3 Å². The van der Waals surface area contributed by atoms with Gasteiger partial charge in [-0.25, -0.2) is 0 Å². The number of rotatable bonds is 12. The molecule has 1 fully saturated rings. The van der Waals surface area contributed by atoms with Gasteiger partial charge in [0.25, 0.3) is 0 Å². The largest absolute Gasteiger partial charge is 0.393 e. The van der Waals surface area contributed by atoms with Gasteiger partial charge in [-0.3, -0.25) is 4.79 Å². The number of amides is 1. The number of fused-ring (bicyclic) bond motifs is 1. The zero-order valence-corrected chi connectivity index (χ0v) is 18.1. The van der Waals surface area contributed by atoms with E-state index in [9.17, 15) is 15.0 Å². The Labute approximate surface area is 171 Å². The Morgan fingerprint density at radius 2 is 2.04 bits per heavy atom. The number of nitrogens with zero attached hydrogens (tertiary/aromatic N) is 1. The highest BCUT2D eigenvalue weighted by atomic mass is 16.3. The topological polar surface area (TPSA) is 60.8 Å². The van der Waals surface area contributed by atoms with Crippen LogP contribution in [0.25, 0.3) is 0 Å². The molecule has 0 heterocycles. The summed E-state index contributed by atoms with van der Waals surface area (Å²) in [5, 5.41) is 21.2. The van der Waals surface area contributed by atoms with E-state index in [2.05, 4.69) is 19.1 Å². The molecule has 0 spiro atoms. The van der Waals surface area contributed by atoms with Crippen molar-refractivity contribution < 1.29 is 15.0 Å². The molecule has 4 nitrogen and oxygen atoms in total. The molecule has 2 N–H and O–H groups in total. The second-order valence-electron chi connectivity index (χ2n) is 9.00. The van der Waals surface area contributed by atoms with E-state index in [1.807, 2.05) is 6.08 Å². The lowest BCUT2D eigenvalue weighted by Crippen LogP contribution is -2.30. The lowest BCUT2D eigenvalue weighted by Gasteiger charge is -2.25. The molecule has 0 bridgehead atoms. The van der Waals surface area contributed by atoms with Gasteiger partial charge in [0.15, 0.2) is 0 Å². The summed E-state index contributed by atoms with van der Waals surface area (Å²) < 4.78 is 0. The van der Waals surface area contributed by atoms with E-state index in [1.54, 1.807) is 19.0 Å². The van der Waals surface area contributed by atoms with E-state index in [-0.39, 0.29) is 11.8 Å². The summed E-state index contributed by atoms with van der Waals surface area (Å²) in [5.74, 6) is 0.935. The third kappa shape index (κ3) is 6.73. The molecule has 1 saturated carbocycles. The van der Waals surface area contributed by atoms with Crippen molar-refractivity contribution in [3.05, 3.63) is 23.8 Å². The maximum atomic E-state index is 11.7. The van der Waals surface area contributed by atoms with Crippen LogP contribution in [0.15, 0.2) is 23.8 Å². The fourth-order valence-corrected chi connectivity index (χ4v) is 4.91. The molecular formula is C24H41NO3. The zero-order chi connectivity index (χ0) is 20.5. The molecule has 0 aliphatic heterocycles. The Bertz CT molecular complexity index is 540. The molecule has 0 aromatic rings. The van der Waals surface area contributed by atoms with Crippen LogP contribution >= 0.6 is 0 Å². The van der Waals surface area contributed by atoms with Crippen LogP contribution in [0.1, 0.15) is 77.6 Å². The molecule has 2 rings (SSSR count). The van der Waals surface area contributed by atoms with E-state index in [0.717, 1.165) is 38.5 Å². The average Bonchev–Trinajstić information content (AvgIpc) is 3.16. The third-order valence-corrected chi connectivity index (χ3v) is 6.54. The van der Waals surface area contributed by atoms with Crippen molar-refractivity contribution in [2.24, 2.45) is 17.8 Å². The predicted molar refractivity (Wildman–Crippen MR) is 115 cm³/mol. The molecule has 2 aliphatic rings. The fourth-order valence-electron chi connectivity index (χ4n) is 4.91. The molecule has 0 aromatic carbocycles. The summed E-state index contributed by atoms with van der Waals surface area (Å²) in [6, 6.07) is 0. The minimum atomic E-state index is -0.540. The molecule has 0 radical (unpaired) electrons. The first kappa shape index (κ1) is 23.2. The Hall–Kier alpha value is -1.13. The van der Waals surface area contributed by atoms with Crippen LogP contribution in [0.2, 0.25) is 0 Å². The maximum Gasteiger partial charge on any atom is 0.222 e. The van der Waals surface area contributed by atoms with Crippen LogP contribution in [0, 0.1) is 17.8 Å². The van der Waals surface area contributed by atoms with Crippen LogP contribution < -0.4 is 0 Å². The number of aliphatic hydroxyl groups is 2. The van der Waals surface area contributed by atoms with Crippen LogP contribution in [0.4, 0.5) is 0 Å².